The Morgan fingerprint density at radius 1 is 1.03 bits per heavy atom. The molecule has 2 aliphatic rings. The number of rotatable bonds is 5. The van der Waals surface area contributed by atoms with E-state index in [-0.39, 0.29) is 69.4 Å². The number of aromatic nitrogens is 1. The molecule has 1 N–H and O–H groups in total. The number of hydrogen-bond acceptors (Lipinski definition) is 3. The maximum absolute atomic E-state index is 15.4. The SMILES string of the molecule is O=C(O)c1cccc(Sc2c(Cl)n(CC(=O)N3CC4(CCC4)c4ccccc43)c3c(F)c(Cl)ccc23)c1F.[H-].[Na+]. The Bertz CT molecular complexity index is 1660. The van der Waals surface area contributed by atoms with Crippen LogP contribution < -0.4 is 34.5 Å². The van der Waals surface area contributed by atoms with Crippen molar-refractivity contribution in [2.45, 2.75) is 41.0 Å². The molecule has 196 valence electrons. The van der Waals surface area contributed by atoms with E-state index >= 15 is 4.39 Å². The number of carbonyl (C=O) groups excluding carboxylic acids is 1. The second-order valence-electron chi connectivity index (χ2n) is 9.62. The maximum Gasteiger partial charge on any atom is 1.00 e. The van der Waals surface area contributed by atoms with Gasteiger partial charge in [-0.15, -0.1) is 0 Å². The van der Waals surface area contributed by atoms with Crippen molar-refractivity contribution in [1.29, 1.82) is 0 Å². The summed E-state index contributed by atoms with van der Waals surface area (Å²) in [6.45, 7) is 0.301. The molecule has 1 saturated carbocycles. The molecule has 0 unspecified atom stereocenters. The first-order valence-corrected chi connectivity index (χ1v) is 13.5. The predicted octanol–water partition coefficient (Wildman–Crippen LogP) is 4.66. The molecule has 11 heteroatoms. The molecule has 0 bridgehead atoms. The number of halogens is 4. The number of carbonyl (C=O) groups is 2. The maximum atomic E-state index is 15.4. The van der Waals surface area contributed by atoms with E-state index < -0.39 is 23.2 Å². The van der Waals surface area contributed by atoms with E-state index in [0.29, 0.717) is 16.8 Å². The number of fused-ring (bicyclic) bond motifs is 3. The molecular weight excluding hydrogens is 576 g/mol. The largest absolute Gasteiger partial charge is 1.00 e. The first-order valence-electron chi connectivity index (χ1n) is 12.0. The summed E-state index contributed by atoms with van der Waals surface area (Å²) in [4.78, 5) is 27.2. The molecule has 1 fully saturated rings. The summed E-state index contributed by atoms with van der Waals surface area (Å²) in [5.41, 5.74) is 1.50. The third-order valence-corrected chi connectivity index (χ3v) is 9.50. The Hall–Kier alpha value is -2.07. The van der Waals surface area contributed by atoms with E-state index in [1.165, 1.54) is 22.8 Å². The first kappa shape index (κ1) is 28.5. The van der Waals surface area contributed by atoms with Gasteiger partial charge in [0.05, 0.1) is 21.0 Å². The minimum Gasteiger partial charge on any atom is -1.00 e. The number of amides is 1. The van der Waals surface area contributed by atoms with Crippen LogP contribution in [-0.4, -0.2) is 28.1 Å². The van der Waals surface area contributed by atoms with Crippen molar-refractivity contribution in [1.82, 2.24) is 4.57 Å². The molecule has 1 aliphatic heterocycles. The molecule has 0 saturated heterocycles. The van der Waals surface area contributed by atoms with Crippen LogP contribution in [0.3, 0.4) is 0 Å². The van der Waals surface area contributed by atoms with Crippen LogP contribution in [0.4, 0.5) is 14.5 Å². The van der Waals surface area contributed by atoms with Crippen LogP contribution in [0.25, 0.3) is 10.9 Å². The molecule has 0 atom stereocenters. The van der Waals surface area contributed by atoms with Gasteiger partial charge in [-0.05, 0) is 48.7 Å². The van der Waals surface area contributed by atoms with E-state index in [4.69, 9.17) is 23.2 Å². The Kier molecular flexibility index (Phi) is 7.83. The third kappa shape index (κ3) is 4.59. The average Bonchev–Trinajstić information content (AvgIpc) is 3.36. The second kappa shape index (κ2) is 10.7. The second-order valence-corrected chi connectivity index (χ2v) is 11.4. The van der Waals surface area contributed by atoms with E-state index in [9.17, 15) is 19.1 Å². The summed E-state index contributed by atoms with van der Waals surface area (Å²) in [6.07, 6.45) is 3.12. The summed E-state index contributed by atoms with van der Waals surface area (Å²) in [5, 5.41) is 9.53. The van der Waals surface area contributed by atoms with Crippen LogP contribution in [0.1, 0.15) is 36.6 Å². The fourth-order valence-corrected chi connectivity index (χ4v) is 7.08. The van der Waals surface area contributed by atoms with Gasteiger partial charge in [0.25, 0.3) is 0 Å². The van der Waals surface area contributed by atoms with Gasteiger partial charge in [-0.1, -0.05) is 65.7 Å². The number of para-hydroxylation sites is 1. The van der Waals surface area contributed by atoms with Crippen LogP contribution in [0, 0.1) is 11.6 Å². The molecule has 39 heavy (non-hydrogen) atoms. The van der Waals surface area contributed by atoms with Crippen molar-refractivity contribution in [2.24, 2.45) is 0 Å². The molecule has 6 rings (SSSR count). The number of nitrogens with zero attached hydrogens (tertiary/aromatic N) is 2. The van der Waals surface area contributed by atoms with Crippen LogP contribution in [0.5, 0.6) is 0 Å². The summed E-state index contributed by atoms with van der Waals surface area (Å²) < 4.78 is 31.7. The molecule has 3 aromatic carbocycles. The van der Waals surface area contributed by atoms with Crippen LogP contribution in [0.15, 0.2) is 64.4 Å². The van der Waals surface area contributed by atoms with Gasteiger partial charge >= 0.3 is 35.5 Å². The molecule has 5 nitrogen and oxygen atoms in total. The Morgan fingerprint density at radius 3 is 2.46 bits per heavy atom. The zero-order valence-electron chi connectivity index (χ0n) is 21.8. The smallest absolute Gasteiger partial charge is 1.00 e. The van der Waals surface area contributed by atoms with E-state index in [1.54, 1.807) is 11.0 Å². The van der Waals surface area contributed by atoms with Crippen molar-refractivity contribution in [3.05, 3.63) is 87.5 Å². The summed E-state index contributed by atoms with van der Waals surface area (Å²) in [7, 11) is 0. The molecule has 1 spiro atoms. The van der Waals surface area contributed by atoms with E-state index in [0.717, 1.165) is 48.3 Å². The normalized spacial score (nSPS) is 15.2. The average molecular weight is 597 g/mol. The van der Waals surface area contributed by atoms with Gasteiger partial charge in [-0.25, -0.2) is 13.6 Å². The summed E-state index contributed by atoms with van der Waals surface area (Å²) >= 11 is 13.7. The van der Waals surface area contributed by atoms with Crippen LogP contribution in [-0.2, 0) is 16.8 Å². The topological polar surface area (TPSA) is 62.5 Å². The molecular formula is C28H21Cl2F2N2NaO3S. The van der Waals surface area contributed by atoms with Crippen molar-refractivity contribution in [3.8, 4) is 0 Å². The monoisotopic (exact) mass is 596 g/mol. The van der Waals surface area contributed by atoms with E-state index in [2.05, 4.69) is 6.07 Å². The minimum atomic E-state index is -1.41. The number of carboxylic acid groups (broad SMARTS) is 1. The standard InChI is InChI=1S/C28H20Cl2F2N2O3S.Na.H/c29-18-10-9-16-24(23(18)32)33(26(30)25(16)38-20-8-3-5-15(22(20)31)27(36)37)13-21(35)34-14-28(11-4-12-28)17-6-1-2-7-19(17)34;;/h1-3,5-10H,4,11-14H2,(H,36,37);;/q;+1;-1. The number of hydrogen-bond donors (Lipinski definition) is 1. The third-order valence-electron chi connectivity index (χ3n) is 7.55. The number of anilines is 1. The van der Waals surface area contributed by atoms with Gasteiger partial charge in [-0.3, -0.25) is 4.79 Å². The van der Waals surface area contributed by atoms with Gasteiger partial charge in [0, 0.05) is 27.9 Å². The van der Waals surface area contributed by atoms with Gasteiger partial charge in [0.15, 0.2) is 11.6 Å². The van der Waals surface area contributed by atoms with Crippen molar-refractivity contribution >= 4 is 63.4 Å². The van der Waals surface area contributed by atoms with Gasteiger partial charge in [-0.2, -0.15) is 0 Å². The van der Waals surface area contributed by atoms with Gasteiger partial charge < -0.3 is 16.0 Å². The number of aromatic carboxylic acids is 1. The van der Waals surface area contributed by atoms with Crippen LogP contribution >= 0.6 is 35.0 Å². The fourth-order valence-electron chi connectivity index (χ4n) is 5.53. The molecule has 2 heterocycles. The Morgan fingerprint density at radius 2 is 1.77 bits per heavy atom. The Balaban J connectivity index is 0.00000185. The molecule has 4 aromatic rings. The summed E-state index contributed by atoms with van der Waals surface area (Å²) in [5.74, 6) is -3.33. The first-order chi connectivity index (χ1) is 18.2. The Labute approximate surface area is 260 Å². The molecule has 1 aliphatic carbocycles. The van der Waals surface area contributed by atoms with Crippen molar-refractivity contribution < 1.29 is 54.5 Å². The number of benzene rings is 3. The molecule has 1 aromatic heterocycles. The quantitative estimate of drug-likeness (QED) is 0.340. The number of carboxylic acids is 1. The summed E-state index contributed by atoms with van der Waals surface area (Å²) in [6, 6.07) is 14.8. The molecule has 1 amide bonds. The minimum absolute atomic E-state index is 0. The van der Waals surface area contributed by atoms with Crippen molar-refractivity contribution in [2.75, 3.05) is 11.4 Å². The van der Waals surface area contributed by atoms with Crippen molar-refractivity contribution in [3.63, 3.8) is 0 Å². The van der Waals surface area contributed by atoms with E-state index in [1.807, 2.05) is 18.2 Å². The van der Waals surface area contributed by atoms with Gasteiger partial charge in [0.1, 0.15) is 11.7 Å². The van der Waals surface area contributed by atoms with Gasteiger partial charge in [0.2, 0.25) is 5.91 Å². The van der Waals surface area contributed by atoms with Crippen LogP contribution in [0.2, 0.25) is 10.2 Å². The zero-order valence-corrected chi connectivity index (χ0v) is 25.1. The fraction of sp³-hybridized carbons (Fsp3) is 0.214. The predicted molar refractivity (Wildman–Crippen MR) is 145 cm³/mol. The zero-order chi connectivity index (χ0) is 26.8. The molecule has 0 radical (unpaired) electrons.